The van der Waals surface area contributed by atoms with Gasteiger partial charge in [0.25, 0.3) is 5.91 Å². The monoisotopic (exact) mass is 335 g/mol. The van der Waals surface area contributed by atoms with Crippen molar-refractivity contribution in [1.82, 2.24) is 4.90 Å². The molecular weight excluding hydrogens is 318 g/mol. The molecule has 0 aromatic heterocycles. The van der Waals surface area contributed by atoms with Gasteiger partial charge >= 0.3 is 5.97 Å². The van der Waals surface area contributed by atoms with Crippen LogP contribution in [0.1, 0.15) is 17.3 Å². The van der Waals surface area contributed by atoms with E-state index in [0.29, 0.717) is 36.1 Å². The van der Waals surface area contributed by atoms with Gasteiger partial charge in [-0.3, -0.25) is 4.79 Å². The molecule has 0 spiro atoms. The molecule has 7 heteroatoms. The zero-order chi connectivity index (χ0) is 16.4. The third kappa shape index (κ3) is 3.44. The van der Waals surface area contributed by atoms with Gasteiger partial charge in [0.15, 0.2) is 0 Å². The van der Waals surface area contributed by atoms with Crippen LogP contribution in [0, 0.1) is 0 Å². The number of hydrogen-bond donors (Lipinski definition) is 1. The summed E-state index contributed by atoms with van der Waals surface area (Å²) in [6.07, 6.45) is -0.0648. The largest absolute Gasteiger partial charge is 0.496 e. The lowest BCUT2D eigenvalue weighted by molar-refractivity contribution is -0.135. The molecule has 1 fully saturated rings. The Bertz CT molecular complexity index is 649. The Hall–Kier alpha value is -2.15. The molecule has 0 aliphatic carbocycles. The summed E-state index contributed by atoms with van der Waals surface area (Å²) >= 11 is 1.53. The summed E-state index contributed by atoms with van der Waals surface area (Å²) in [4.78, 5) is 25.6. The van der Waals surface area contributed by atoms with E-state index in [2.05, 4.69) is 0 Å². The average molecular weight is 335 g/mol. The molecule has 122 valence electrons. The standard InChI is InChI=1S/C16H17NO5S/c1-10-14(23-7-6-21-10)15(18)17-8-13(9-17)22-12-4-2-11(3-5-12)16(19)20/h2-5,13H,6-9H2,1H3,(H,19,20). The summed E-state index contributed by atoms with van der Waals surface area (Å²) in [6, 6.07) is 6.27. The third-order valence-corrected chi connectivity index (χ3v) is 4.82. The van der Waals surface area contributed by atoms with Crippen molar-refractivity contribution in [2.75, 3.05) is 25.4 Å². The fourth-order valence-electron chi connectivity index (χ4n) is 2.41. The highest BCUT2D eigenvalue weighted by Crippen LogP contribution is 2.29. The van der Waals surface area contributed by atoms with E-state index in [4.69, 9.17) is 14.6 Å². The van der Waals surface area contributed by atoms with Gasteiger partial charge in [-0.25, -0.2) is 4.79 Å². The summed E-state index contributed by atoms with van der Waals surface area (Å²) in [5.41, 5.74) is 0.222. The number of carboxylic acids is 1. The molecule has 1 saturated heterocycles. The molecule has 1 amide bonds. The van der Waals surface area contributed by atoms with Crippen molar-refractivity contribution in [3.8, 4) is 5.75 Å². The zero-order valence-electron chi connectivity index (χ0n) is 12.7. The van der Waals surface area contributed by atoms with E-state index in [0.717, 1.165) is 5.75 Å². The smallest absolute Gasteiger partial charge is 0.335 e. The van der Waals surface area contributed by atoms with Crippen LogP contribution in [0.5, 0.6) is 5.75 Å². The molecule has 1 aromatic rings. The second-order valence-corrected chi connectivity index (χ2v) is 6.47. The highest BCUT2D eigenvalue weighted by atomic mass is 32.2. The lowest BCUT2D eigenvalue weighted by Crippen LogP contribution is -2.56. The van der Waals surface area contributed by atoms with Gasteiger partial charge in [-0.15, -0.1) is 11.8 Å². The maximum Gasteiger partial charge on any atom is 0.335 e. The first kappa shape index (κ1) is 15.7. The van der Waals surface area contributed by atoms with Crippen LogP contribution in [0.4, 0.5) is 0 Å². The van der Waals surface area contributed by atoms with Crippen LogP contribution in [0.25, 0.3) is 0 Å². The van der Waals surface area contributed by atoms with E-state index >= 15 is 0 Å². The minimum absolute atomic E-state index is 0.00623. The molecule has 2 heterocycles. The van der Waals surface area contributed by atoms with Crippen LogP contribution >= 0.6 is 11.8 Å². The molecule has 2 aliphatic rings. The highest BCUT2D eigenvalue weighted by molar-refractivity contribution is 8.04. The number of aromatic carboxylic acids is 1. The Balaban J connectivity index is 1.53. The number of carboxylic acid groups (broad SMARTS) is 1. The topological polar surface area (TPSA) is 76.1 Å². The lowest BCUT2D eigenvalue weighted by atomic mass is 10.1. The van der Waals surface area contributed by atoms with E-state index < -0.39 is 5.97 Å². The van der Waals surface area contributed by atoms with Gasteiger partial charge in [0.2, 0.25) is 0 Å². The van der Waals surface area contributed by atoms with E-state index in [1.54, 1.807) is 17.0 Å². The van der Waals surface area contributed by atoms with Crippen molar-refractivity contribution in [2.45, 2.75) is 13.0 Å². The molecule has 6 nitrogen and oxygen atoms in total. The van der Waals surface area contributed by atoms with Crippen LogP contribution < -0.4 is 4.74 Å². The number of rotatable bonds is 4. The number of likely N-dealkylation sites (tertiary alicyclic amines) is 1. The minimum atomic E-state index is -0.965. The third-order valence-electron chi connectivity index (χ3n) is 3.70. The first-order valence-corrected chi connectivity index (χ1v) is 8.29. The number of thioether (sulfide) groups is 1. The minimum Gasteiger partial charge on any atom is -0.496 e. The summed E-state index contributed by atoms with van der Waals surface area (Å²) in [6.45, 7) is 3.51. The zero-order valence-corrected chi connectivity index (χ0v) is 13.5. The maximum absolute atomic E-state index is 12.4. The van der Waals surface area contributed by atoms with Crippen LogP contribution in [-0.4, -0.2) is 53.4 Å². The molecule has 1 aromatic carbocycles. The number of nitrogens with zero attached hydrogens (tertiary/aromatic N) is 1. The Morgan fingerprint density at radius 1 is 1.30 bits per heavy atom. The Morgan fingerprint density at radius 2 is 2.00 bits per heavy atom. The molecule has 3 rings (SSSR count). The summed E-state index contributed by atoms with van der Waals surface area (Å²) in [7, 11) is 0. The molecule has 1 N–H and O–H groups in total. The second-order valence-electron chi connectivity index (χ2n) is 5.36. The van der Waals surface area contributed by atoms with E-state index in [1.807, 2.05) is 6.92 Å². The van der Waals surface area contributed by atoms with E-state index in [-0.39, 0.29) is 17.6 Å². The van der Waals surface area contributed by atoms with Gasteiger partial charge in [-0.2, -0.15) is 0 Å². The predicted octanol–water partition coefficient (Wildman–Crippen LogP) is 1.97. The molecule has 0 saturated carbocycles. The number of amides is 1. The van der Waals surface area contributed by atoms with Crippen molar-refractivity contribution in [1.29, 1.82) is 0 Å². The number of allylic oxidation sites excluding steroid dienone is 1. The molecule has 0 radical (unpaired) electrons. The van der Waals surface area contributed by atoms with Gasteiger partial charge in [0.05, 0.1) is 25.3 Å². The molecule has 0 atom stereocenters. The van der Waals surface area contributed by atoms with Gasteiger partial charge in [0, 0.05) is 5.75 Å². The van der Waals surface area contributed by atoms with E-state index in [1.165, 1.54) is 23.9 Å². The van der Waals surface area contributed by atoms with Gasteiger partial charge < -0.3 is 19.5 Å². The van der Waals surface area contributed by atoms with Crippen molar-refractivity contribution < 1.29 is 24.2 Å². The average Bonchev–Trinajstić information content (AvgIpc) is 2.51. The van der Waals surface area contributed by atoms with Crippen LogP contribution in [-0.2, 0) is 9.53 Å². The van der Waals surface area contributed by atoms with Gasteiger partial charge in [-0.05, 0) is 31.2 Å². The molecule has 23 heavy (non-hydrogen) atoms. The Morgan fingerprint density at radius 3 is 2.61 bits per heavy atom. The van der Waals surface area contributed by atoms with Crippen LogP contribution in [0.15, 0.2) is 34.9 Å². The second kappa shape index (κ2) is 6.54. The van der Waals surface area contributed by atoms with Crippen molar-refractivity contribution in [2.24, 2.45) is 0 Å². The molecular formula is C16H17NO5S. The predicted molar refractivity (Wildman–Crippen MR) is 85.5 cm³/mol. The molecule has 2 aliphatic heterocycles. The number of benzene rings is 1. The summed E-state index contributed by atoms with van der Waals surface area (Å²) < 4.78 is 11.2. The quantitative estimate of drug-likeness (QED) is 0.907. The van der Waals surface area contributed by atoms with E-state index in [9.17, 15) is 9.59 Å². The molecule has 0 bridgehead atoms. The lowest BCUT2D eigenvalue weighted by Gasteiger charge is -2.39. The highest BCUT2D eigenvalue weighted by Gasteiger charge is 2.35. The molecule has 0 unspecified atom stereocenters. The summed E-state index contributed by atoms with van der Waals surface area (Å²) in [5, 5.41) is 8.85. The fraction of sp³-hybridized carbons (Fsp3) is 0.375. The van der Waals surface area contributed by atoms with Crippen molar-refractivity contribution >= 4 is 23.6 Å². The number of carbonyl (C=O) groups excluding carboxylic acids is 1. The Kier molecular flexibility index (Phi) is 4.47. The normalized spacial score (nSPS) is 18.2. The van der Waals surface area contributed by atoms with Crippen molar-refractivity contribution in [3.05, 3.63) is 40.5 Å². The van der Waals surface area contributed by atoms with Crippen LogP contribution in [0.2, 0.25) is 0 Å². The number of ether oxygens (including phenoxy) is 2. The van der Waals surface area contributed by atoms with Crippen molar-refractivity contribution in [3.63, 3.8) is 0 Å². The maximum atomic E-state index is 12.4. The number of hydrogen-bond acceptors (Lipinski definition) is 5. The summed E-state index contributed by atoms with van der Waals surface area (Å²) in [5.74, 6) is 1.13. The Labute approximate surface area is 138 Å². The van der Waals surface area contributed by atoms with Gasteiger partial charge in [-0.1, -0.05) is 0 Å². The first-order chi connectivity index (χ1) is 11.0. The SMILES string of the molecule is CC1=C(C(=O)N2CC(Oc3ccc(C(=O)O)cc3)C2)SCCO1. The van der Waals surface area contributed by atoms with Gasteiger partial charge in [0.1, 0.15) is 22.5 Å². The van der Waals surface area contributed by atoms with Crippen LogP contribution in [0.3, 0.4) is 0 Å². The fourth-order valence-corrected chi connectivity index (χ4v) is 3.29. The first-order valence-electron chi connectivity index (χ1n) is 7.30. The number of carbonyl (C=O) groups is 2.